The maximum Gasteiger partial charge on any atom is 3.00 e. The molecule has 0 aliphatic carbocycles. The van der Waals surface area contributed by atoms with E-state index in [1.807, 2.05) is 36.4 Å². The molecule has 0 bridgehead atoms. The van der Waals surface area contributed by atoms with Crippen LogP contribution in [-0.2, 0) is 16.8 Å². The predicted octanol–water partition coefficient (Wildman–Crippen LogP) is 3.59. The van der Waals surface area contributed by atoms with E-state index in [1.54, 1.807) is 37.2 Å². The molecule has 0 N–H and O–H groups in total. The minimum atomic E-state index is -4.94. The van der Waals surface area contributed by atoms with Gasteiger partial charge < -0.3 is 0 Å². The van der Waals surface area contributed by atoms with E-state index in [9.17, 15) is 0 Å². The first-order chi connectivity index (χ1) is 22.8. The van der Waals surface area contributed by atoms with Gasteiger partial charge >= 0.3 is 16.8 Å². The molecule has 0 spiro atoms. The summed E-state index contributed by atoms with van der Waals surface area (Å²) in [4.78, 5) is 26.1. The van der Waals surface area contributed by atoms with Crippen LogP contribution in [0.3, 0.4) is 0 Å². The number of rotatable bonds is 0. The van der Waals surface area contributed by atoms with E-state index in [-0.39, 0.29) is 16.8 Å². The van der Waals surface area contributed by atoms with E-state index in [4.69, 9.17) is 18.6 Å². The number of pyridine rings is 6. The van der Waals surface area contributed by atoms with E-state index in [0.717, 1.165) is 65.4 Å². The molecule has 0 amide bonds. The van der Waals surface area contributed by atoms with Crippen LogP contribution in [0, 0.1) is 10.2 Å². The van der Waals surface area contributed by atoms with E-state index < -0.39 is 10.2 Å². The van der Waals surface area contributed by atoms with Gasteiger partial charge in [-0.2, -0.15) is 0 Å². The minimum Gasteiger partial charge on any atom is -0.254 e. The third-order valence-corrected chi connectivity index (χ3v) is 7.03. The topological polar surface area (TPSA) is 170 Å². The van der Waals surface area contributed by atoms with Gasteiger partial charge in [-0.15, -0.1) is 10.2 Å². The van der Waals surface area contributed by atoms with Crippen LogP contribution < -0.4 is 18.6 Å². The summed E-state index contributed by atoms with van der Waals surface area (Å²) in [5, 5.41) is 6.83. The van der Waals surface area contributed by atoms with Crippen LogP contribution in [0.1, 0.15) is 0 Å². The number of hydrogen-bond donors (Lipinski definition) is 0. The molecule has 0 radical (unpaired) electrons. The monoisotopic (exact) mass is 698 g/mol. The fraction of sp³-hybridized carbons (Fsp3) is 0. The second-order valence-corrected chi connectivity index (χ2v) is 10.8. The van der Waals surface area contributed by atoms with Gasteiger partial charge in [-0.3, -0.25) is 29.9 Å². The van der Waals surface area contributed by atoms with Crippen molar-refractivity contribution in [3.8, 4) is 0 Å². The standard InChI is InChI=1S/3C12H8N2.ClHO4.Co/c3*1-3-9-5-6-10-4-2-8-14-12(10)11(9)13-7-1;2-1(3,4)5;/h3*1-8H;(H,2,3,4,5);/q;;;;+3/p-1. The van der Waals surface area contributed by atoms with Crippen LogP contribution in [0.2, 0.25) is 0 Å². The van der Waals surface area contributed by atoms with Crippen molar-refractivity contribution >= 4 is 65.4 Å². The van der Waals surface area contributed by atoms with Crippen LogP contribution in [0.5, 0.6) is 0 Å². The van der Waals surface area contributed by atoms with Crippen molar-refractivity contribution < 1.29 is 45.7 Å². The molecule has 0 saturated carbocycles. The minimum absolute atomic E-state index is 0. The fourth-order valence-corrected chi connectivity index (χ4v) is 5.04. The Hall–Kier alpha value is -5.24. The van der Waals surface area contributed by atoms with E-state index in [1.165, 1.54) is 0 Å². The molecule has 0 fully saturated rings. The van der Waals surface area contributed by atoms with Crippen LogP contribution >= 0.6 is 0 Å². The van der Waals surface area contributed by atoms with Crippen molar-refractivity contribution in [1.29, 1.82) is 0 Å². The molecule has 0 aliphatic heterocycles. The molecule has 10 nitrogen and oxygen atoms in total. The SMILES string of the molecule is [Co+3].[O-][Cl+3]([O-])([O-])[O-].c1cnc2c(c1)ccc1cccnc12.c1cnc2c(c1)ccc1cccnc12.c1cnc2c(c1)ccc1cccnc12. The predicted molar refractivity (Wildman–Crippen MR) is 171 cm³/mol. The molecule has 12 heteroatoms. The number of benzene rings is 3. The van der Waals surface area contributed by atoms with Gasteiger partial charge in [0.2, 0.25) is 0 Å². The first kappa shape index (κ1) is 34.1. The molecule has 9 aromatic rings. The largest absolute Gasteiger partial charge is 3.00 e. The molecule has 236 valence electrons. The molecule has 6 heterocycles. The van der Waals surface area contributed by atoms with Crippen LogP contribution in [0.25, 0.3) is 65.4 Å². The molecular formula is C36H24ClCoN6O4+2. The molecule has 0 atom stereocenters. The third-order valence-electron chi connectivity index (χ3n) is 7.03. The first-order valence-electron chi connectivity index (χ1n) is 14.2. The van der Waals surface area contributed by atoms with Crippen molar-refractivity contribution in [2.45, 2.75) is 0 Å². The Morgan fingerprint density at radius 2 is 0.438 bits per heavy atom. The second kappa shape index (κ2) is 15.6. The van der Waals surface area contributed by atoms with Gasteiger partial charge in [-0.1, -0.05) is 72.8 Å². The summed E-state index contributed by atoms with van der Waals surface area (Å²) >= 11 is 0. The Morgan fingerprint density at radius 1 is 0.292 bits per heavy atom. The van der Waals surface area contributed by atoms with Crippen molar-refractivity contribution in [1.82, 2.24) is 29.9 Å². The van der Waals surface area contributed by atoms with Crippen LogP contribution in [-0.4, -0.2) is 29.9 Å². The Bertz CT molecular complexity index is 2030. The summed E-state index contributed by atoms with van der Waals surface area (Å²) in [6.45, 7) is 0. The fourth-order valence-electron chi connectivity index (χ4n) is 5.04. The van der Waals surface area contributed by atoms with E-state index in [0.29, 0.717) is 0 Å². The number of hydrogen-bond acceptors (Lipinski definition) is 10. The summed E-state index contributed by atoms with van der Waals surface area (Å²) in [5.74, 6) is 0. The van der Waals surface area contributed by atoms with Crippen molar-refractivity contribution in [3.63, 3.8) is 0 Å². The van der Waals surface area contributed by atoms with Gasteiger partial charge in [-0.25, -0.2) is 18.6 Å². The zero-order valence-corrected chi connectivity index (χ0v) is 26.7. The third kappa shape index (κ3) is 8.36. The summed E-state index contributed by atoms with van der Waals surface area (Å²) in [6.07, 6.45) is 10.8. The summed E-state index contributed by atoms with van der Waals surface area (Å²) in [6, 6.07) is 36.4. The summed E-state index contributed by atoms with van der Waals surface area (Å²) in [5.41, 5.74) is 5.86. The van der Waals surface area contributed by atoms with Crippen LogP contribution in [0.15, 0.2) is 146 Å². The smallest absolute Gasteiger partial charge is 0.254 e. The quantitative estimate of drug-likeness (QED) is 0.213. The molecule has 0 unspecified atom stereocenters. The molecule has 0 aliphatic rings. The van der Waals surface area contributed by atoms with Crippen molar-refractivity contribution in [2.24, 2.45) is 0 Å². The zero-order chi connectivity index (χ0) is 32.6. The second-order valence-electron chi connectivity index (χ2n) is 10.0. The van der Waals surface area contributed by atoms with Gasteiger partial charge in [0.25, 0.3) is 0 Å². The summed E-state index contributed by atoms with van der Waals surface area (Å²) < 4.78 is 34.0. The average Bonchev–Trinajstić information content (AvgIpc) is 3.11. The van der Waals surface area contributed by atoms with Crippen LogP contribution in [0.4, 0.5) is 0 Å². The van der Waals surface area contributed by atoms with Gasteiger partial charge in [0, 0.05) is 69.5 Å². The molecule has 0 saturated heterocycles. The first-order valence-corrected chi connectivity index (χ1v) is 15.5. The number of halogens is 1. The normalized spacial score (nSPS) is 10.8. The number of nitrogens with zero attached hydrogens (tertiary/aromatic N) is 6. The molecule has 6 aromatic heterocycles. The Morgan fingerprint density at radius 3 is 0.583 bits per heavy atom. The maximum absolute atomic E-state index is 8.49. The maximum atomic E-state index is 8.49. The molecule has 48 heavy (non-hydrogen) atoms. The number of aromatic nitrogens is 6. The molecule has 3 aromatic carbocycles. The Labute approximate surface area is 286 Å². The zero-order valence-electron chi connectivity index (χ0n) is 24.9. The average molecular weight is 699 g/mol. The van der Waals surface area contributed by atoms with Crippen molar-refractivity contribution in [2.75, 3.05) is 0 Å². The summed E-state index contributed by atoms with van der Waals surface area (Å²) in [7, 11) is -4.94. The molecule has 9 rings (SSSR count). The van der Waals surface area contributed by atoms with E-state index in [2.05, 4.69) is 103 Å². The Balaban J connectivity index is 0.000000130. The van der Waals surface area contributed by atoms with E-state index >= 15 is 0 Å². The van der Waals surface area contributed by atoms with Gasteiger partial charge in [0.1, 0.15) is 0 Å². The Kier molecular flexibility index (Phi) is 11.1. The molecular weight excluding hydrogens is 675 g/mol. The van der Waals surface area contributed by atoms with Gasteiger partial charge in [-0.05, 0) is 36.4 Å². The van der Waals surface area contributed by atoms with Gasteiger partial charge in [0.15, 0.2) is 0 Å². The van der Waals surface area contributed by atoms with Crippen molar-refractivity contribution in [3.05, 3.63) is 146 Å². The number of fused-ring (bicyclic) bond motifs is 9. The van der Waals surface area contributed by atoms with Gasteiger partial charge in [0.05, 0.1) is 33.1 Å².